The van der Waals surface area contributed by atoms with E-state index in [0.29, 0.717) is 0 Å². The van der Waals surface area contributed by atoms with Gasteiger partial charge in [-0.25, -0.2) is 0 Å². The summed E-state index contributed by atoms with van der Waals surface area (Å²) in [7, 11) is 0. The first-order chi connectivity index (χ1) is 26.8. The van der Waals surface area contributed by atoms with Gasteiger partial charge in [-0.1, -0.05) is 182 Å². The van der Waals surface area contributed by atoms with Gasteiger partial charge in [0.2, 0.25) is 0 Å². The lowest BCUT2D eigenvalue weighted by molar-refractivity contribution is 1.45. The van der Waals surface area contributed by atoms with E-state index in [4.69, 9.17) is 4.98 Å². The van der Waals surface area contributed by atoms with E-state index in [2.05, 4.69) is 200 Å². The number of aromatic nitrogens is 1. The number of benzene rings is 10. The minimum atomic E-state index is 1.00. The van der Waals surface area contributed by atoms with Crippen LogP contribution in [0.15, 0.2) is 200 Å². The Labute approximate surface area is 313 Å². The molecule has 0 atom stereocenters. The molecule has 0 fully saturated rings. The van der Waals surface area contributed by atoms with Crippen molar-refractivity contribution in [3.63, 3.8) is 0 Å². The summed E-state index contributed by atoms with van der Waals surface area (Å²) in [5, 5.41) is 13.5. The highest BCUT2D eigenvalue weighted by Gasteiger charge is 2.21. The minimum Gasteiger partial charge on any atom is -0.256 e. The molecule has 11 rings (SSSR count). The monoisotopic (exact) mass is 683 g/mol. The van der Waals surface area contributed by atoms with Gasteiger partial charge < -0.3 is 0 Å². The van der Waals surface area contributed by atoms with Crippen LogP contribution >= 0.6 is 0 Å². The molecule has 0 aliphatic heterocycles. The molecule has 0 unspecified atom stereocenters. The second-order valence-corrected chi connectivity index (χ2v) is 14.2. The lowest BCUT2D eigenvalue weighted by Gasteiger charge is -2.20. The quantitative estimate of drug-likeness (QED) is 0.133. The smallest absolute Gasteiger partial charge is 0.0708 e. The summed E-state index contributed by atoms with van der Waals surface area (Å²) in [4.78, 5) is 5.06. The van der Waals surface area contributed by atoms with Gasteiger partial charge in [0.25, 0.3) is 0 Å². The third-order valence-electron chi connectivity index (χ3n) is 11.3. The van der Waals surface area contributed by atoms with Crippen LogP contribution in [0.2, 0.25) is 0 Å². The molecular formula is C53H33N. The van der Waals surface area contributed by atoms with E-state index >= 15 is 0 Å². The molecular weight excluding hydrogens is 651 g/mol. The summed E-state index contributed by atoms with van der Waals surface area (Å²) in [5.41, 5.74) is 10.8. The number of hydrogen-bond donors (Lipinski definition) is 0. The molecule has 54 heavy (non-hydrogen) atoms. The van der Waals surface area contributed by atoms with E-state index in [-0.39, 0.29) is 0 Å². The average molecular weight is 684 g/mol. The lowest BCUT2D eigenvalue weighted by atomic mass is 9.83. The molecule has 0 saturated heterocycles. The van der Waals surface area contributed by atoms with Gasteiger partial charge >= 0.3 is 0 Å². The zero-order chi connectivity index (χ0) is 35.6. The van der Waals surface area contributed by atoms with E-state index in [0.717, 1.165) is 16.3 Å². The van der Waals surface area contributed by atoms with Gasteiger partial charge in [0, 0.05) is 22.4 Å². The average Bonchev–Trinajstić information content (AvgIpc) is 3.24. The van der Waals surface area contributed by atoms with Crippen LogP contribution in [0.3, 0.4) is 0 Å². The van der Waals surface area contributed by atoms with Crippen LogP contribution in [0.25, 0.3) is 109 Å². The molecule has 1 heterocycles. The van der Waals surface area contributed by atoms with Crippen molar-refractivity contribution >= 4 is 64.8 Å². The Morgan fingerprint density at radius 2 is 0.722 bits per heavy atom. The predicted octanol–water partition coefficient (Wildman–Crippen LogP) is 14.7. The summed E-state index contributed by atoms with van der Waals surface area (Å²) < 4.78 is 0. The Kier molecular flexibility index (Phi) is 6.93. The second-order valence-electron chi connectivity index (χ2n) is 14.2. The molecule has 11 aromatic rings. The zero-order valence-electron chi connectivity index (χ0n) is 29.5. The summed E-state index contributed by atoms with van der Waals surface area (Å²) in [6.45, 7) is 0. The molecule has 0 bridgehead atoms. The summed E-state index contributed by atoms with van der Waals surface area (Å²) in [6.07, 6.45) is 2.10. The van der Waals surface area contributed by atoms with Crippen molar-refractivity contribution in [2.75, 3.05) is 0 Å². The van der Waals surface area contributed by atoms with Gasteiger partial charge in [-0.05, 0) is 99.7 Å². The Balaban J connectivity index is 1.23. The van der Waals surface area contributed by atoms with Crippen LogP contribution in [0, 0.1) is 0 Å². The molecule has 0 N–H and O–H groups in total. The third kappa shape index (κ3) is 4.62. The van der Waals surface area contributed by atoms with Crippen molar-refractivity contribution in [2.24, 2.45) is 0 Å². The van der Waals surface area contributed by atoms with Crippen molar-refractivity contribution in [2.45, 2.75) is 0 Å². The van der Waals surface area contributed by atoms with Crippen LogP contribution in [0.4, 0.5) is 0 Å². The summed E-state index contributed by atoms with van der Waals surface area (Å²) in [5.74, 6) is 0. The Hall–Kier alpha value is -7.09. The highest BCUT2D eigenvalue weighted by Crippen LogP contribution is 2.48. The van der Waals surface area contributed by atoms with E-state index in [9.17, 15) is 0 Å². The summed E-state index contributed by atoms with van der Waals surface area (Å²) in [6, 6.07) is 70.8. The molecule has 250 valence electrons. The van der Waals surface area contributed by atoms with E-state index in [1.54, 1.807) is 0 Å². The maximum atomic E-state index is 5.06. The third-order valence-corrected chi connectivity index (χ3v) is 11.3. The van der Waals surface area contributed by atoms with Crippen LogP contribution in [-0.2, 0) is 0 Å². The molecule has 0 radical (unpaired) electrons. The first kappa shape index (κ1) is 30.5. The van der Waals surface area contributed by atoms with Gasteiger partial charge in [0.15, 0.2) is 0 Å². The largest absolute Gasteiger partial charge is 0.256 e. The van der Waals surface area contributed by atoms with Gasteiger partial charge in [-0.3, -0.25) is 4.98 Å². The molecule has 1 aromatic heterocycles. The summed E-state index contributed by atoms with van der Waals surface area (Å²) >= 11 is 0. The fourth-order valence-electron chi connectivity index (χ4n) is 9.02. The van der Waals surface area contributed by atoms with E-state index in [1.165, 1.54) is 93.0 Å². The molecule has 10 aromatic carbocycles. The SMILES string of the molecule is c1ccc(-c2c3ccccc3c(-c3cccc(-c4c5ccccc5c(-c5cccc6ccccc56)c5ccccc45)c3)c3cnc4ccccc4c23)cc1. The fraction of sp³-hybridized carbons (Fsp3) is 0. The van der Waals surface area contributed by atoms with E-state index in [1.807, 2.05) is 0 Å². The lowest BCUT2D eigenvalue weighted by Crippen LogP contribution is -1.94. The molecule has 0 saturated carbocycles. The number of fused-ring (bicyclic) bond motifs is 7. The van der Waals surface area contributed by atoms with Crippen LogP contribution < -0.4 is 0 Å². The number of hydrogen-bond acceptors (Lipinski definition) is 1. The van der Waals surface area contributed by atoms with Gasteiger partial charge in [0.1, 0.15) is 0 Å². The zero-order valence-corrected chi connectivity index (χ0v) is 29.5. The normalized spacial score (nSPS) is 11.7. The number of pyridine rings is 1. The van der Waals surface area contributed by atoms with Crippen molar-refractivity contribution in [3.8, 4) is 44.5 Å². The molecule has 0 amide bonds. The Morgan fingerprint density at radius 1 is 0.278 bits per heavy atom. The first-order valence-corrected chi connectivity index (χ1v) is 18.6. The standard InChI is InChI=1S/C53H33N/c1-2-17-35(18-3-1)51-43-26-9-6-23-40(43)50(47-33-54-48-31-13-12-29-46(48)53(47)51)37-21-14-20-36(32-37)49-41-24-7-10-27-44(41)52(45-28-11-8-25-42(45)49)39-30-15-19-34-16-4-5-22-38(34)39/h1-33H. The van der Waals surface area contributed by atoms with Crippen LogP contribution in [0.1, 0.15) is 0 Å². The highest BCUT2D eigenvalue weighted by molar-refractivity contribution is 6.28. The number of nitrogens with zero attached hydrogens (tertiary/aromatic N) is 1. The fourth-order valence-corrected chi connectivity index (χ4v) is 9.02. The topological polar surface area (TPSA) is 12.9 Å². The molecule has 1 nitrogen and oxygen atoms in total. The predicted molar refractivity (Wildman–Crippen MR) is 231 cm³/mol. The van der Waals surface area contributed by atoms with E-state index < -0.39 is 0 Å². The minimum absolute atomic E-state index is 1.00. The highest BCUT2D eigenvalue weighted by atomic mass is 14.7. The van der Waals surface area contributed by atoms with Crippen molar-refractivity contribution in [1.29, 1.82) is 0 Å². The van der Waals surface area contributed by atoms with Crippen molar-refractivity contribution < 1.29 is 0 Å². The van der Waals surface area contributed by atoms with Crippen LogP contribution in [0.5, 0.6) is 0 Å². The van der Waals surface area contributed by atoms with Gasteiger partial charge in [-0.2, -0.15) is 0 Å². The molecule has 0 aliphatic carbocycles. The number of para-hydroxylation sites is 1. The van der Waals surface area contributed by atoms with Crippen LogP contribution in [-0.4, -0.2) is 4.98 Å². The number of rotatable bonds is 4. The van der Waals surface area contributed by atoms with Crippen molar-refractivity contribution in [1.82, 2.24) is 4.98 Å². The molecule has 0 spiro atoms. The maximum absolute atomic E-state index is 5.06. The Bertz CT molecular complexity index is 3200. The Morgan fingerprint density at radius 3 is 1.37 bits per heavy atom. The van der Waals surface area contributed by atoms with Gasteiger partial charge in [0.05, 0.1) is 5.52 Å². The maximum Gasteiger partial charge on any atom is 0.0708 e. The van der Waals surface area contributed by atoms with Crippen molar-refractivity contribution in [3.05, 3.63) is 200 Å². The second kappa shape index (κ2) is 12.3. The van der Waals surface area contributed by atoms with Gasteiger partial charge in [-0.15, -0.1) is 0 Å². The molecule has 1 heteroatoms. The first-order valence-electron chi connectivity index (χ1n) is 18.6. The molecule has 0 aliphatic rings.